The van der Waals surface area contributed by atoms with E-state index in [-0.39, 0.29) is 0 Å². The van der Waals surface area contributed by atoms with Gasteiger partial charge in [0.25, 0.3) is 0 Å². The lowest BCUT2D eigenvalue weighted by atomic mass is 10.3. The first-order valence-corrected chi connectivity index (χ1v) is 4.56. The van der Waals surface area contributed by atoms with Crippen LogP contribution in [0.15, 0.2) is 12.3 Å². The molecule has 0 unspecified atom stereocenters. The van der Waals surface area contributed by atoms with Gasteiger partial charge in [-0.05, 0) is 12.5 Å². The standard InChI is InChI=1S/C10H13N3O/c1-2-3-4-14-10-9(12)5-8(6-11)7-13-10/h5,7H,2-4,12H2,1H3. The van der Waals surface area contributed by atoms with Gasteiger partial charge in [-0.1, -0.05) is 13.3 Å². The molecule has 0 aliphatic carbocycles. The SMILES string of the molecule is CCCCOc1ncc(C#N)cc1N. The number of ether oxygens (including phenoxy) is 1. The molecule has 4 heteroatoms. The van der Waals surface area contributed by atoms with Crippen LogP contribution in [0.5, 0.6) is 5.88 Å². The van der Waals surface area contributed by atoms with E-state index in [1.165, 1.54) is 6.20 Å². The molecule has 0 fully saturated rings. The van der Waals surface area contributed by atoms with Gasteiger partial charge in [0.1, 0.15) is 6.07 Å². The van der Waals surface area contributed by atoms with Gasteiger partial charge >= 0.3 is 0 Å². The van der Waals surface area contributed by atoms with Crippen LogP contribution < -0.4 is 10.5 Å². The Morgan fingerprint density at radius 1 is 1.64 bits per heavy atom. The fourth-order valence-electron chi connectivity index (χ4n) is 0.964. The zero-order valence-corrected chi connectivity index (χ0v) is 8.16. The van der Waals surface area contributed by atoms with E-state index < -0.39 is 0 Å². The smallest absolute Gasteiger partial charge is 0.237 e. The average molecular weight is 191 g/mol. The molecule has 0 atom stereocenters. The summed E-state index contributed by atoms with van der Waals surface area (Å²) in [7, 11) is 0. The predicted octanol–water partition coefficient (Wildman–Crippen LogP) is 1.71. The summed E-state index contributed by atoms with van der Waals surface area (Å²) >= 11 is 0. The molecule has 14 heavy (non-hydrogen) atoms. The van der Waals surface area contributed by atoms with Crippen LogP contribution in [0.25, 0.3) is 0 Å². The molecule has 1 rings (SSSR count). The van der Waals surface area contributed by atoms with Crippen LogP contribution in [0.4, 0.5) is 5.69 Å². The maximum absolute atomic E-state index is 8.58. The summed E-state index contributed by atoms with van der Waals surface area (Å²) in [4.78, 5) is 3.95. The number of anilines is 1. The Hall–Kier alpha value is -1.76. The number of unbranched alkanes of at least 4 members (excludes halogenated alkanes) is 1. The minimum Gasteiger partial charge on any atom is -0.476 e. The van der Waals surface area contributed by atoms with Crippen LogP contribution in [0, 0.1) is 11.3 Å². The van der Waals surface area contributed by atoms with Gasteiger partial charge in [0.2, 0.25) is 5.88 Å². The van der Waals surface area contributed by atoms with Gasteiger partial charge in [-0.15, -0.1) is 0 Å². The number of nitrogens with two attached hydrogens (primary N) is 1. The highest BCUT2D eigenvalue weighted by Crippen LogP contribution is 2.18. The lowest BCUT2D eigenvalue weighted by molar-refractivity contribution is 0.299. The molecule has 0 saturated carbocycles. The van der Waals surface area contributed by atoms with E-state index in [0.29, 0.717) is 23.7 Å². The number of hydrogen-bond acceptors (Lipinski definition) is 4. The van der Waals surface area contributed by atoms with Gasteiger partial charge in [0.05, 0.1) is 17.9 Å². The van der Waals surface area contributed by atoms with E-state index in [4.69, 9.17) is 15.7 Å². The Bertz CT molecular complexity index is 344. The summed E-state index contributed by atoms with van der Waals surface area (Å²) < 4.78 is 5.33. The third kappa shape index (κ3) is 2.63. The molecule has 2 N–H and O–H groups in total. The first-order valence-electron chi connectivity index (χ1n) is 4.56. The third-order valence-corrected chi connectivity index (χ3v) is 1.74. The van der Waals surface area contributed by atoms with Crippen molar-refractivity contribution in [1.29, 1.82) is 5.26 Å². The maximum atomic E-state index is 8.58. The second-order valence-electron chi connectivity index (χ2n) is 2.93. The summed E-state index contributed by atoms with van der Waals surface area (Å²) in [6, 6.07) is 3.53. The molecule has 4 nitrogen and oxygen atoms in total. The van der Waals surface area contributed by atoms with Crippen LogP contribution in [-0.2, 0) is 0 Å². The monoisotopic (exact) mass is 191 g/mol. The molecule has 0 aliphatic rings. The van der Waals surface area contributed by atoms with Crippen molar-refractivity contribution in [3.8, 4) is 11.9 Å². The lowest BCUT2D eigenvalue weighted by Crippen LogP contribution is -2.02. The average Bonchev–Trinajstić information content (AvgIpc) is 2.20. The lowest BCUT2D eigenvalue weighted by Gasteiger charge is -2.06. The summed E-state index contributed by atoms with van der Waals surface area (Å²) in [5.74, 6) is 0.414. The van der Waals surface area contributed by atoms with Crippen molar-refractivity contribution >= 4 is 5.69 Å². The van der Waals surface area contributed by atoms with E-state index in [1.807, 2.05) is 6.07 Å². The van der Waals surface area contributed by atoms with Crippen molar-refractivity contribution in [3.05, 3.63) is 17.8 Å². The molecule has 0 spiro atoms. The topological polar surface area (TPSA) is 71.9 Å². The fraction of sp³-hybridized carbons (Fsp3) is 0.400. The fourth-order valence-corrected chi connectivity index (χ4v) is 0.964. The molecule has 74 valence electrons. The Morgan fingerprint density at radius 3 is 3.00 bits per heavy atom. The molecule has 0 saturated heterocycles. The molecular formula is C10H13N3O. The third-order valence-electron chi connectivity index (χ3n) is 1.74. The zero-order valence-electron chi connectivity index (χ0n) is 8.16. The van der Waals surface area contributed by atoms with E-state index in [1.54, 1.807) is 6.07 Å². The second kappa shape index (κ2) is 5.07. The number of rotatable bonds is 4. The summed E-state index contributed by atoms with van der Waals surface area (Å²) in [5, 5.41) is 8.58. The number of nitriles is 1. The largest absolute Gasteiger partial charge is 0.476 e. The summed E-state index contributed by atoms with van der Waals surface area (Å²) in [6.45, 7) is 2.69. The molecule has 0 bridgehead atoms. The first kappa shape index (κ1) is 10.3. The molecular weight excluding hydrogens is 178 g/mol. The quantitative estimate of drug-likeness (QED) is 0.735. The molecule has 1 aromatic heterocycles. The van der Waals surface area contributed by atoms with Gasteiger partial charge in [0.15, 0.2) is 0 Å². The van der Waals surface area contributed by atoms with Crippen LogP contribution in [0.3, 0.4) is 0 Å². The van der Waals surface area contributed by atoms with Crippen LogP contribution in [0.1, 0.15) is 25.3 Å². The minimum absolute atomic E-state index is 0.414. The van der Waals surface area contributed by atoms with E-state index >= 15 is 0 Å². The van der Waals surface area contributed by atoms with Crippen molar-refractivity contribution in [2.24, 2.45) is 0 Å². The molecule has 1 aromatic rings. The Labute approximate surface area is 83.3 Å². The zero-order chi connectivity index (χ0) is 10.4. The van der Waals surface area contributed by atoms with Crippen molar-refractivity contribution in [1.82, 2.24) is 4.98 Å². The summed E-state index contributed by atoms with van der Waals surface area (Å²) in [5.41, 5.74) is 6.51. The normalized spacial score (nSPS) is 9.43. The molecule has 0 aliphatic heterocycles. The summed E-state index contributed by atoms with van der Waals surface area (Å²) in [6.07, 6.45) is 3.49. The number of aromatic nitrogens is 1. The van der Waals surface area contributed by atoms with E-state index in [9.17, 15) is 0 Å². The van der Waals surface area contributed by atoms with Crippen molar-refractivity contribution in [2.75, 3.05) is 12.3 Å². The Morgan fingerprint density at radius 2 is 2.43 bits per heavy atom. The molecule has 0 amide bonds. The predicted molar refractivity (Wildman–Crippen MR) is 53.8 cm³/mol. The maximum Gasteiger partial charge on any atom is 0.237 e. The van der Waals surface area contributed by atoms with Gasteiger partial charge < -0.3 is 10.5 Å². The van der Waals surface area contributed by atoms with E-state index in [2.05, 4.69) is 11.9 Å². The van der Waals surface area contributed by atoms with Gasteiger partial charge in [-0.25, -0.2) is 4.98 Å². The van der Waals surface area contributed by atoms with Crippen LogP contribution in [-0.4, -0.2) is 11.6 Å². The first-order chi connectivity index (χ1) is 6.77. The van der Waals surface area contributed by atoms with Gasteiger partial charge in [-0.3, -0.25) is 0 Å². The number of nitrogen functional groups attached to an aromatic ring is 1. The molecule has 1 heterocycles. The number of pyridine rings is 1. The number of nitrogens with zero attached hydrogens (tertiary/aromatic N) is 2. The van der Waals surface area contributed by atoms with Crippen molar-refractivity contribution < 1.29 is 4.74 Å². The second-order valence-corrected chi connectivity index (χ2v) is 2.93. The van der Waals surface area contributed by atoms with Crippen LogP contribution in [0.2, 0.25) is 0 Å². The highest BCUT2D eigenvalue weighted by Gasteiger charge is 2.02. The molecule has 0 aromatic carbocycles. The van der Waals surface area contributed by atoms with Crippen LogP contribution >= 0.6 is 0 Å². The Kier molecular flexibility index (Phi) is 3.74. The van der Waals surface area contributed by atoms with Crippen molar-refractivity contribution in [3.63, 3.8) is 0 Å². The number of hydrogen-bond donors (Lipinski definition) is 1. The van der Waals surface area contributed by atoms with E-state index in [0.717, 1.165) is 12.8 Å². The van der Waals surface area contributed by atoms with Gasteiger partial charge in [0, 0.05) is 6.20 Å². The highest BCUT2D eigenvalue weighted by atomic mass is 16.5. The van der Waals surface area contributed by atoms with Gasteiger partial charge in [-0.2, -0.15) is 5.26 Å². The minimum atomic E-state index is 0.414. The van der Waals surface area contributed by atoms with Crippen molar-refractivity contribution in [2.45, 2.75) is 19.8 Å². The Balaban J connectivity index is 2.65. The highest BCUT2D eigenvalue weighted by molar-refractivity contribution is 5.51. The molecule has 0 radical (unpaired) electrons.